The van der Waals surface area contributed by atoms with Gasteiger partial charge in [-0.05, 0) is 49.9 Å². The average molecular weight is 1220 g/mol. The molecule has 0 saturated carbocycles. The van der Waals surface area contributed by atoms with Crippen LogP contribution in [0.3, 0.4) is 0 Å². The van der Waals surface area contributed by atoms with Crippen molar-refractivity contribution in [3.8, 4) is 22.5 Å². The van der Waals surface area contributed by atoms with E-state index in [1.165, 1.54) is 47.2 Å². The van der Waals surface area contributed by atoms with E-state index in [0.717, 1.165) is 11.1 Å². The molecule has 0 radical (unpaired) electrons. The number of nitrogens with zero attached hydrogens (tertiary/aromatic N) is 4. The summed E-state index contributed by atoms with van der Waals surface area (Å²) in [6, 6.07) is 27.9. The number of ether oxygens (including phenoxy) is 4. The van der Waals surface area contributed by atoms with Crippen LogP contribution in [0.4, 0.5) is 39.7 Å². The highest BCUT2D eigenvalue weighted by atomic mass is 35.5. The first-order chi connectivity index (χ1) is 35.9. The highest BCUT2D eigenvalue weighted by molar-refractivity contribution is 7.59. The molecule has 1 saturated heterocycles. The Morgan fingerprint density at radius 2 is 1.14 bits per heavy atom. The maximum absolute atomic E-state index is 13.8. The summed E-state index contributed by atoms with van der Waals surface area (Å²) in [5.74, 6) is -1.77. The lowest BCUT2D eigenvalue weighted by Gasteiger charge is -2.30. The predicted molar refractivity (Wildman–Crippen MR) is 313 cm³/mol. The van der Waals surface area contributed by atoms with Gasteiger partial charge in [-0.15, -0.1) is 12.4 Å². The van der Waals surface area contributed by atoms with Crippen LogP contribution in [0.25, 0.3) is 22.5 Å². The Hall–Kier alpha value is -6.35. The Kier molecular flexibility index (Phi) is 31.1. The Morgan fingerprint density at radius 3 is 1.55 bits per heavy atom. The molecule has 6 N–H and O–H groups in total. The number of hydrogen-bond donors (Lipinski definition) is 6. The fourth-order valence-electron chi connectivity index (χ4n) is 7.32. The number of aliphatic hydroxyl groups excluding tert-OH is 2. The molecule has 2 aromatic heterocycles. The molecular weight excluding hydrogens is 1150 g/mol. The van der Waals surface area contributed by atoms with Gasteiger partial charge in [0.25, 0.3) is 0 Å². The number of benzene rings is 4. The molecule has 20 nitrogen and oxygen atoms in total. The average Bonchev–Trinajstić information content (AvgIpc) is 4.17. The normalized spacial score (nSPS) is 13.8. The van der Waals surface area contributed by atoms with Crippen molar-refractivity contribution in [2.75, 3.05) is 51.2 Å². The lowest BCUT2D eigenvalue weighted by molar-refractivity contribution is -0.140. The molecule has 4 atom stereocenters. The van der Waals surface area contributed by atoms with E-state index in [1.54, 1.807) is 39.1 Å². The summed E-state index contributed by atoms with van der Waals surface area (Å²) in [7, 11) is 3.00. The molecular formula is C53H69Cl3F2N8O12S2. The van der Waals surface area contributed by atoms with Gasteiger partial charge in [-0.3, -0.25) is 10.6 Å². The molecule has 27 heteroatoms. The number of carbonyl (C=O) groups is 4. The van der Waals surface area contributed by atoms with Crippen LogP contribution in [-0.2, 0) is 32.0 Å². The second kappa shape index (κ2) is 34.7. The molecule has 6 aromatic rings. The minimum Gasteiger partial charge on any atom is -0.447 e. The van der Waals surface area contributed by atoms with Crippen LogP contribution in [-0.4, -0.2) is 125 Å². The summed E-state index contributed by atoms with van der Waals surface area (Å²) in [6.07, 6.45) is -2.87. The van der Waals surface area contributed by atoms with Crippen molar-refractivity contribution in [3.63, 3.8) is 0 Å². The molecule has 1 aliphatic heterocycles. The topological polar surface area (TPSA) is 252 Å². The monoisotopic (exact) mass is 1220 g/mol. The summed E-state index contributed by atoms with van der Waals surface area (Å²) < 4.78 is 59.9. The number of anilines is 2. The lowest BCUT2D eigenvalue weighted by Crippen LogP contribution is -2.47. The Bertz CT molecular complexity index is 2850. The van der Waals surface area contributed by atoms with Gasteiger partial charge >= 0.3 is 24.2 Å². The van der Waals surface area contributed by atoms with E-state index < -0.39 is 66.5 Å². The van der Waals surface area contributed by atoms with Gasteiger partial charge in [0.2, 0.25) is 11.8 Å². The summed E-state index contributed by atoms with van der Waals surface area (Å²) in [4.78, 5) is 53.0. The van der Waals surface area contributed by atoms with Gasteiger partial charge < -0.3 is 58.6 Å². The number of rotatable bonds is 19. The molecule has 0 aliphatic carbocycles. The van der Waals surface area contributed by atoms with E-state index in [2.05, 4.69) is 31.6 Å². The van der Waals surface area contributed by atoms with Gasteiger partial charge in [-0.2, -0.15) is 27.0 Å². The fraction of sp³-hybridized carbons (Fsp3) is 0.358. The van der Waals surface area contributed by atoms with Crippen molar-refractivity contribution >= 4 is 98.6 Å². The number of amides is 6. The Morgan fingerprint density at radius 1 is 0.713 bits per heavy atom. The van der Waals surface area contributed by atoms with Crippen LogP contribution in [0.5, 0.6) is 0 Å². The minimum atomic E-state index is -1.16. The van der Waals surface area contributed by atoms with Crippen LogP contribution in [0.2, 0.25) is 10.0 Å². The van der Waals surface area contributed by atoms with Gasteiger partial charge in [0.15, 0.2) is 5.79 Å². The summed E-state index contributed by atoms with van der Waals surface area (Å²) in [5.41, 5.74) is 3.51. The Labute approximate surface area is 493 Å². The van der Waals surface area contributed by atoms with Crippen molar-refractivity contribution < 1.29 is 66.2 Å². The molecule has 1 fully saturated rings. The van der Waals surface area contributed by atoms with E-state index in [-0.39, 0.29) is 115 Å². The minimum absolute atomic E-state index is 0. The van der Waals surface area contributed by atoms with Crippen molar-refractivity contribution in [3.05, 3.63) is 142 Å². The molecule has 1 aliphatic rings. The number of hydrogen-bond acceptors (Lipinski definition) is 14. The predicted octanol–water partition coefficient (Wildman–Crippen LogP) is 11.0. The van der Waals surface area contributed by atoms with Gasteiger partial charge in [0.05, 0.1) is 47.6 Å². The fourth-order valence-corrected chi connectivity index (χ4v) is 7.70. The molecule has 4 aromatic carbocycles. The number of aromatic nitrogens is 2. The smallest absolute Gasteiger partial charge is 0.414 e. The van der Waals surface area contributed by atoms with E-state index in [0.29, 0.717) is 35.5 Å². The summed E-state index contributed by atoms with van der Waals surface area (Å²) in [6.45, 7) is 2.90. The Balaban J connectivity index is 0.000000755. The van der Waals surface area contributed by atoms with Gasteiger partial charge in [0, 0.05) is 50.4 Å². The molecule has 7 rings (SSSR count). The van der Waals surface area contributed by atoms with Crippen LogP contribution in [0.15, 0.2) is 118 Å². The number of nitrogens with one attached hydrogen (secondary N) is 4. The second-order valence-electron chi connectivity index (χ2n) is 17.4. The molecule has 0 bridgehead atoms. The quantitative estimate of drug-likeness (QED) is 0.0441. The maximum Gasteiger partial charge on any atom is 0.414 e. The molecule has 0 spiro atoms. The third-order valence-electron chi connectivity index (χ3n) is 11.4. The molecule has 3 heterocycles. The molecule has 440 valence electrons. The van der Waals surface area contributed by atoms with E-state index in [1.807, 2.05) is 60.7 Å². The SMILES string of the molecule is C.C.CN(C(=O)NCc1cccc(F)c1Cl)[C@H](COC(=O)Nc1cc(-c2ccccc2)no1)C[C@@H](O)CO.CN(C(=O)NCc1cccc(F)c1Cl)[C@H](COC(=O)Nc1cc(-c2ccccc2)no1)C[C@@H]1COC(C)(C)O1.Cl.S.S. The first kappa shape index (κ1) is 71.7. The lowest BCUT2D eigenvalue weighted by atomic mass is 10.1. The highest BCUT2D eigenvalue weighted by Crippen LogP contribution is 2.28. The van der Waals surface area contributed by atoms with Crippen molar-refractivity contribution in [1.82, 2.24) is 30.7 Å². The summed E-state index contributed by atoms with van der Waals surface area (Å²) >= 11 is 11.9. The number of carbonyl (C=O) groups excluding carboxylic acids is 4. The van der Waals surface area contributed by atoms with E-state index in [9.17, 15) is 38.2 Å². The third-order valence-corrected chi connectivity index (χ3v) is 12.3. The van der Waals surface area contributed by atoms with Crippen molar-refractivity contribution in [2.45, 2.75) is 84.7 Å². The number of urea groups is 2. The zero-order valence-corrected chi connectivity index (χ0v) is 46.9. The van der Waals surface area contributed by atoms with Crippen molar-refractivity contribution in [1.29, 1.82) is 0 Å². The number of aliphatic hydroxyl groups is 2. The van der Waals surface area contributed by atoms with Crippen LogP contribution in [0.1, 0.15) is 52.7 Å². The maximum atomic E-state index is 13.8. The van der Waals surface area contributed by atoms with Gasteiger partial charge in [-0.1, -0.05) is 133 Å². The zero-order chi connectivity index (χ0) is 54.1. The van der Waals surface area contributed by atoms with E-state index in [4.69, 9.17) is 51.2 Å². The summed E-state index contributed by atoms with van der Waals surface area (Å²) in [5, 5.41) is 37.0. The largest absolute Gasteiger partial charge is 0.447 e. The van der Waals surface area contributed by atoms with Crippen LogP contribution < -0.4 is 21.3 Å². The van der Waals surface area contributed by atoms with Gasteiger partial charge in [0.1, 0.15) is 36.2 Å². The molecule has 0 unspecified atom stereocenters. The number of likely N-dealkylation sites (N-methyl/N-ethyl adjacent to an activating group) is 2. The van der Waals surface area contributed by atoms with Gasteiger partial charge in [-0.25, -0.2) is 28.0 Å². The third kappa shape index (κ3) is 21.6. The second-order valence-corrected chi connectivity index (χ2v) is 18.1. The standard InChI is InChI=1S/C27H30ClFN4O6.C24H26ClFN4O6.2CH4.ClH.2H2S/c1-27(2)37-16-20(38-27)12-19(33(3)25(34)30-14-18-10-7-11-21(29)24(18)28)15-36-26(35)31-23-13-22(32-39-23)17-8-5-4-6-9-17;1-30(23(33)27-12-16-8-5-9-19(26)22(16)25)17(10-18(32)13-31)14-35-24(34)28-21-11-20(29-36-21)15-6-3-2-4-7-15;;;;;/h4-11,13,19-20H,12,14-16H2,1-3H3,(H,30,34)(H,31,35);2-9,11,17-18,31-32H,10,12-14H2,1H3,(H,27,33)(H,28,34);2*1H4;1H;2*1H2/t19-,20+;17-,18+;;;;;/m00...../s1. The molecule has 6 amide bonds. The number of halogens is 5. The zero-order valence-electron chi connectivity index (χ0n) is 42.5. The van der Waals surface area contributed by atoms with Crippen molar-refractivity contribution in [2.24, 2.45) is 0 Å². The highest BCUT2D eigenvalue weighted by Gasteiger charge is 2.36. The first-order valence-electron chi connectivity index (χ1n) is 23.3. The van der Waals surface area contributed by atoms with Crippen LogP contribution >= 0.6 is 62.6 Å². The first-order valence-corrected chi connectivity index (χ1v) is 24.0. The van der Waals surface area contributed by atoms with E-state index >= 15 is 0 Å². The van der Waals surface area contributed by atoms with Crippen LogP contribution in [0, 0.1) is 11.6 Å². The molecule has 80 heavy (non-hydrogen) atoms.